The van der Waals surface area contributed by atoms with Gasteiger partial charge in [-0.2, -0.15) is 0 Å². The van der Waals surface area contributed by atoms with Gasteiger partial charge in [0, 0.05) is 34.6 Å². The summed E-state index contributed by atoms with van der Waals surface area (Å²) in [5.41, 5.74) is 6.91. The molecule has 0 spiro atoms. The molecule has 2 N–H and O–H groups in total. The second kappa shape index (κ2) is 5.19. The fourth-order valence-corrected chi connectivity index (χ4v) is 3.73. The van der Waals surface area contributed by atoms with Gasteiger partial charge in [0.25, 0.3) is 0 Å². The van der Waals surface area contributed by atoms with E-state index in [0.717, 1.165) is 39.5 Å². The first kappa shape index (κ1) is 13.0. The van der Waals surface area contributed by atoms with Gasteiger partial charge in [0.2, 0.25) is 0 Å². The smallest absolute Gasteiger partial charge is 0.132 e. The third kappa shape index (κ3) is 2.66. The molecule has 4 heteroatoms. The summed E-state index contributed by atoms with van der Waals surface area (Å²) in [4.78, 5) is 3.41. The number of thiophene rings is 1. The Hall–Kier alpha value is -0.970. The van der Waals surface area contributed by atoms with E-state index in [1.54, 1.807) is 23.5 Å². The van der Waals surface area contributed by atoms with Gasteiger partial charge in [0.15, 0.2) is 0 Å². The Morgan fingerprint density at radius 2 is 2.21 bits per heavy atom. The Bertz CT molecular complexity index is 589. The van der Waals surface area contributed by atoms with Gasteiger partial charge in [0.1, 0.15) is 5.82 Å². The predicted molar refractivity (Wildman–Crippen MR) is 78.7 cm³/mol. The summed E-state index contributed by atoms with van der Waals surface area (Å²) < 4.78 is 15.1. The van der Waals surface area contributed by atoms with Crippen molar-refractivity contribution < 1.29 is 4.39 Å². The molecule has 1 aliphatic rings. The van der Waals surface area contributed by atoms with Gasteiger partial charge >= 0.3 is 0 Å². The van der Waals surface area contributed by atoms with Crippen molar-refractivity contribution in [3.05, 3.63) is 34.5 Å². The SMILES string of the molecule is CN(Cc1c(CN)sc2cccc(F)c12)CC1CC1. The van der Waals surface area contributed by atoms with Crippen molar-refractivity contribution in [1.29, 1.82) is 0 Å². The highest BCUT2D eigenvalue weighted by atomic mass is 32.1. The lowest BCUT2D eigenvalue weighted by atomic mass is 10.1. The van der Waals surface area contributed by atoms with Crippen LogP contribution in [0.2, 0.25) is 0 Å². The minimum Gasteiger partial charge on any atom is -0.326 e. The molecular weight excluding hydrogens is 259 g/mol. The van der Waals surface area contributed by atoms with Gasteiger partial charge in [-0.05, 0) is 43.5 Å². The monoisotopic (exact) mass is 278 g/mol. The van der Waals surface area contributed by atoms with Crippen LogP contribution in [-0.2, 0) is 13.1 Å². The average molecular weight is 278 g/mol. The molecule has 1 fully saturated rings. The maximum atomic E-state index is 14.1. The molecule has 1 saturated carbocycles. The maximum Gasteiger partial charge on any atom is 0.132 e. The minimum absolute atomic E-state index is 0.122. The predicted octanol–water partition coefficient (Wildman–Crippen LogP) is 3.34. The first-order valence-corrected chi connectivity index (χ1v) is 7.58. The van der Waals surface area contributed by atoms with Gasteiger partial charge in [-0.15, -0.1) is 11.3 Å². The third-order valence-electron chi connectivity index (χ3n) is 3.73. The molecule has 1 aromatic heterocycles. The first-order chi connectivity index (χ1) is 9.19. The van der Waals surface area contributed by atoms with Crippen LogP contribution in [0.4, 0.5) is 4.39 Å². The van der Waals surface area contributed by atoms with Crippen LogP contribution >= 0.6 is 11.3 Å². The summed E-state index contributed by atoms with van der Waals surface area (Å²) in [5.74, 6) is 0.726. The van der Waals surface area contributed by atoms with E-state index in [2.05, 4.69) is 11.9 Å². The Morgan fingerprint density at radius 3 is 2.89 bits per heavy atom. The number of hydrogen-bond donors (Lipinski definition) is 1. The van der Waals surface area contributed by atoms with E-state index in [1.807, 2.05) is 6.07 Å². The van der Waals surface area contributed by atoms with E-state index in [0.29, 0.717) is 6.54 Å². The fourth-order valence-electron chi connectivity index (χ4n) is 2.62. The van der Waals surface area contributed by atoms with E-state index >= 15 is 0 Å². The summed E-state index contributed by atoms with van der Waals surface area (Å²) in [5, 5.41) is 0.774. The van der Waals surface area contributed by atoms with Crippen LogP contribution in [0.1, 0.15) is 23.3 Å². The van der Waals surface area contributed by atoms with Crippen LogP contribution in [0.3, 0.4) is 0 Å². The molecule has 2 aromatic rings. The number of nitrogens with zero attached hydrogens (tertiary/aromatic N) is 1. The summed E-state index contributed by atoms with van der Waals surface area (Å²) in [6.45, 7) is 2.39. The second-order valence-corrected chi connectivity index (χ2v) is 6.60. The molecule has 1 aliphatic carbocycles. The molecule has 1 aromatic carbocycles. The van der Waals surface area contributed by atoms with Gasteiger partial charge in [0.05, 0.1) is 0 Å². The summed E-state index contributed by atoms with van der Waals surface area (Å²) >= 11 is 1.62. The molecule has 1 heterocycles. The molecule has 0 aliphatic heterocycles. The largest absolute Gasteiger partial charge is 0.326 e. The summed E-state index contributed by atoms with van der Waals surface area (Å²) in [6.07, 6.45) is 2.68. The molecule has 0 amide bonds. The van der Waals surface area contributed by atoms with Crippen molar-refractivity contribution in [2.24, 2.45) is 11.7 Å². The number of nitrogens with two attached hydrogens (primary N) is 1. The van der Waals surface area contributed by atoms with Crippen LogP contribution in [0.15, 0.2) is 18.2 Å². The fraction of sp³-hybridized carbons (Fsp3) is 0.467. The summed E-state index contributed by atoms with van der Waals surface area (Å²) in [6, 6.07) is 5.29. The Labute approximate surface area is 117 Å². The highest BCUT2D eigenvalue weighted by molar-refractivity contribution is 7.19. The normalized spacial score (nSPS) is 15.6. The first-order valence-electron chi connectivity index (χ1n) is 6.76. The van der Waals surface area contributed by atoms with E-state index in [9.17, 15) is 4.39 Å². The highest BCUT2D eigenvalue weighted by Crippen LogP contribution is 2.35. The quantitative estimate of drug-likeness (QED) is 0.909. The molecule has 3 rings (SSSR count). The lowest BCUT2D eigenvalue weighted by Crippen LogP contribution is -2.21. The van der Waals surface area contributed by atoms with Crippen molar-refractivity contribution in [1.82, 2.24) is 4.90 Å². The number of rotatable bonds is 5. The van der Waals surface area contributed by atoms with Crippen molar-refractivity contribution in [2.45, 2.75) is 25.9 Å². The second-order valence-electron chi connectivity index (χ2n) is 5.46. The molecule has 102 valence electrons. The topological polar surface area (TPSA) is 29.3 Å². The van der Waals surface area contributed by atoms with Crippen molar-refractivity contribution >= 4 is 21.4 Å². The van der Waals surface area contributed by atoms with Crippen LogP contribution in [0.25, 0.3) is 10.1 Å². The molecule has 0 atom stereocenters. The number of fused-ring (bicyclic) bond motifs is 1. The highest BCUT2D eigenvalue weighted by Gasteiger charge is 2.24. The molecule has 0 unspecified atom stereocenters. The maximum absolute atomic E-state index is 14.1. The summed E-state index contributed by atoms with van der Waals surface area (Å²) in [7, 11) is 2.11. The van der Waals surface area contributed by atoms with Gasteiger partial charge in [-0.1, -0.05) is 6.07 Å². The van der Waals surface area contributed by atoms with E-state index in [4.69, 9.17) is 5.73 Å². The van der Waals surface area contributed by atoms with Crippen molar-refractivity contribution in [3.8, 4) is 0 Å². The van der Waals surface area contributed by atoms with Crippen molar-refractivity contribution in [2.75, 3.05) is 13.6 Å². The molecule has 0 saturated heterocycles. The number of hydrogen-bond acceptors (Lipinski definition) is 3. The molecule has 2 nitrogen and oxygen atoms in total. The average Bonchev–Trinajstić information content (AvgIpc) is 3.11. The Kier molecular flexibility index (Phi) is 3.56. The standard InChI is InChI=1S/C15H19FN2S/c1-18(8-10-5-6-10)9-11-14(7-17)19-13-4-2-3-12(16)15(11)13/h2-4,10H,5-9,17H2,1H3. The molecule has 0 radical (unpaired) electrons. The zero-order valence-electron chi connectivity index (χ0n) is 11.2. The third-order valence-corrected chi connectivity index (χ3v) is 4.95. The lowest BCUT2D eigenvalue weighted by Gasteiger charge is -2.17. The van der Waals surface area contributed by atoms with Gasteiger partial charge in [-0.3, -0.25) is 0 Å². The van der Waals surface area contributed by atoms with Crippen LogP contribution in [0, 0.1) is 11.7 Å². The molecule has 0 bridgehead atoms. The molecule has 19 heavy (non-hydrogen) atoms. The lowest BCUT2D eigenvalue weighted by molar-refractivity contribution is 0.313. The zero-order chi connectivity index (χ0) is 13.4. The minimum atomic E-state index is -0.122. The Balaban J connectivity index is 1.94. The van der Waals surface area contributed by atoms with Crippen molar-refractivity contribution in [3.63, 3.8) is 0 Å². The van der Waals surface area contributed by atoms with Gasteiger partial charge < -0.3 is 10.6 Å². The van der Waals surface area contributed by atoms with Crippen LogP contribution in [-0.4, -0.2) is 18.5 Å². The van der Waals surface area contributed by atoms with Crippen LogP contribution < -0.4 is 5.73 Å². The number of benzene rings is 1. The zero-order valence-corrected chi connectivity index (χ0v) is 12.0. The van der Waals surface area contributed by atoms with Crippen LogP contribution in [0.5, 0.6) is 0 Å². The number of halogens is 1. The Morgan fingerprint density at radius 1 is 1.42 bits per heavy atom. The molecular formula is C15H19FN2S. The van der Waals surface area contributed by atoms with E-state index in [1.165, 1.54) is 12.8 Å². The van der Waals surface area contributed by atoms with E-state index in [-0.39, 0.29) is 5.82 Å². The van der Waals surface area contributed by atoms with Gasteiger partial charge in [-0.25, -0.2) is 4.39 Å². The van der Waals surface area contributed by atoms with E-state index < -0.39 is 0 Å².